The SMILES string of the molecule is CCCCCCCCCC(=O)NCC(=O)N/N=C/c1ccc(OC(=O)c2ccc(OCC)cc2)cc1. The molecule has 0 aliphatic rings. The fourth-order valence-corrected chi connectivity index (χ4v) is 3.37. The summed E-state index contributed by atoms with van der Waals surface area (Å²) in [7, 11) is 0. The highest BCUT2D eigenvalue weighted by atomic mass is 16.5. The van der Waals surface area contributed by atoms with Crippen molar-refractivity contribution in [3.05, 3.63) is 59.7 Å². The molecule has 194 valence electrons. The first kappa shape index (κ1) is 28.6. The lowest BCUT2D eigenvalue weighted by Crippen LogP contribution is -2.34. The van der Waals surface area contributed by atoms with Crippen molar-refractivity contribution in [1.82, 2.24) is 10.7 Å². The number of carbonyl (C=O) groups excluding carboxylic acids is 3. The van der Waals surface area contributed by atoms with Crippen LogP contribution in [-0.2, 0) is 9.59 Å². The third kappa shape index (κ3) is 11.6. The molecule has 2 aromatic carbocycles. The molecule has 2 rings (SSSR count). The van der Waals surface area contributed by atoms with Crippen molar-refractivity contribution in [2.45, 2.75) is 65.2 Å². The van der Waals surface area contributed by atoms with Gasteiger partial charge in [-0.3, -0.25) is 9.59 Å². The molecule has 0 aromatic heterocycles. The lowest BCUT2D eigenvalue weighted by atomic mass is 10.1. The normalized spacial score (nSPS) is 10.7. The lowest BCUT2D eigenvalue weighted by molar-refractivity contribution is -0.126. The predicted molar refractivity (Wildman–Crippen MR) is 140 cm³/mol. The van der Waals surface area contributed by atoms with Crippen molar-refractivity contribution in [1.29, 1.82) is 0 Å². The highest BCUT2D eigenvalue weighted by Crippen LogP contribution is 2.16. The molecule has 8 nitrogen and oxygen atoms in total. The number of nitrogens with zero attached hydrogens (tertiary/aromatic N) is 1. The molecule has 36 heavy (non-hydrogen) atoms. The van der Waals surface area contributed by atoms with E-state index in [1.807, 2.05) is 6.92 Å². The second-order valence-corrected chi connectivity index (χ2v) is 8.36. The molecule has 0 aliphatic heterocycles. The van der Waals surface area contributed by atoms with Crippen LogP contribution in [0.15, 0.2) is 53.6 Å². The molecule has 2 amide bonds. The monoisotopic (exact) mass is 495 g/mol. The summed E-state index contributed by atoms with van der Waals surface area (Å²) in [6.45, 7) is 4.52. The van der Waals surface area contributed by atoms with Gasteiger partial charge in [0.25, 0.3) is 5.91 Å². The van der Waals surface area contributed by atoms with Crippen LogP contribution in [0.5, 0.6) is 11.5 Å². The topological polar surface area (TPSA) is 106 Å². The molecule has 0 bridgehead atoms. The van der Waals surface area contributed by atoms with Crippen LogP contribution < -0.4 is 20.2 Å². The van der Waals surface area contributed by atoms with E-state index >= 15 is 0 Å². The number of carbonyl (C=O) groups is 3. The highest BCUT2D eigenvalue weighted by molar-refractivity contribution is 5.91. The number of unbranched alkanes of at least 4 members (excludes halogenated alkanes) is 6. The summed E-state index contributed by atoms with van der Waals surface area (Å²) in [6.07, 6.45) is 9.88. The number of ether oxygens (including phenoxy) is 2. The Labute approximate surface area is 213 Å². The number of benzene rings is 2. The zero-order valence-corrected chi connectivity index (χ0v) is 21.3. The van der Waals surface area contributed by atoms with Crippen molar-refractivity contribution < 1.29 is 23.9 Å². The van der Waals surface area contributed by atoms with Crippen LogP contribution >= 0.6 is 0 Å². The van der Waals surface area contributed by atoms with Gasteiger partial charge < -0.3 is 14.8 Å². The van der Waals surface area contributed by atoms with Gasteiger partial charge in [0.1, 0.15) is 11.5 Å². The molecule has 0 heterocycles. The molecular weight excluding hydrogens is 458 g/mol. The average molecular weight is 496 g/mol. The maximum absolute atomic E-state index is 12.3. The van der Waals surface area contributed by atoms with Crippen LogP contribution in [0.3, 0.4) is 0 Å². The van der Waals surface area contributed by atoms with Gasteiger partial charge >= 0.3 is 5.97 Å². The Morgan fingerprint density at radius 1 is 0.806 bits per heavy atom. The molecule has 0 spiro atoms. The maximum atomic E-state index is 12.3. The molecule has 0 aliphatic carbocycles. The number of hydrazone groups is 1. The van der Waals surface area contributed by atoms with E-state index in [0.29, 0.717) is 35.7 Å². The van der Waals surface area contributed by atoms with Crippen LogP contribution in [0.2, 0.25) is 0 Å². The zero-order chi connectivity index (χ0) is 26.0. The summed E-state index contributed by atoms with van der Waals surface area (Å²) in [6, 6.07) is 13.4. The minimum absolute atomic E-state index is 0.118. The second-order valence-electron chi connectivity index (χ2n) is 8.36. The van der Waals surface area contributed by atoms with Crippen molar-refractivity contribution in [2.24, 2.45) is 5.10 Å². The standard InChI is InChI=1S/C28H37N3O5/c1-3-5-6-7-8-9-10-11-26(32)29-21-27(33)31-30-20-22-12-16-25(17-13-22)36-28(34)23-14-18-24(19-15-23)35-4-2/h12-20H,3-11,21H2,1-2H3,(H,29,32)(H,31,33)/b30-20+. The smallest absolute Gasteiger partial charge is 0.343 e. The number of nitrogens with one attached hydrogen (secondary N) is 2. The fourth-order valence-electron chi connectivity index (χ4n) is 3.37. The number of hydrogen-bond donors (Lipinski definition) is 2. The Kier molecular flexibility index (Phi) is 13.4. The Bertz CT molecular complexity index is 972. The minimum Gasteiger partial charge on any atom is -0.494 e. The highest BCUT2D eigenvalue weighted by Gasteiger charge is 2.09. The fraction of sp³-hybridized carbons (Fsp3) is 0.429. The van der Waals surface area contributed by atoms with Gasteiger partial charge in [-0.25, -0.2) is 10.2 Å². The van der Waals surface area contributed by atoms with E-state index < -0.39 is 11.9 Å². The van der Waals surface area contributed by atoms with Crippen molar-refractivity contribution in [3.8, 4) is 11.5 Å². The average Bonchev–Trinajstić information content (AvgIpc) is 2.88. The van der Waals surface area contributed by atoms with Gasteiger partial charge in [-0.1, -0.05) is 45.4 Å². The quantitative estimate of drug-likeness (QED) is 0.112. The van der Waals surface area contributed by atoms with Crippen LogP contribution in [0.4, 0.5) is 0 Å². The van der Waals surface area contributed by atoms with E-state index in [4.69, 9.17) is 9.47 Å². The van der Waals surface area contributed by atoms with Crippen molar-refractivity contribution in [3.63, 3.8) is 0 Å². The van der Waals surface area contributed by atoms with Crippen LogP contribution in [0.25, 0.3) is 0 Å². The molecule has 0 radical (unpaired) electrons. The first-order valence-corrected chi connectivity index (χ1v) is 12.7. The Morgan fingerprint density at radius 3 is 2.11 bits per heavy atom. The van der Waals surface area contributed by atoms with Crippen molar-refractivity contribution >= 4 is 24.0 Å². The van der Waals surface area contributed by atoms with Gasteiger partial charge in [0.05, 0.1) is 24.9 Å². The summed E-state index contributed by atoms with van der Waals surface area (Å²) in [5.74, 6) is 0.0771. The summed E-state index contributed by atoms with van der Waals surface area (Å²) in [5, 5.41) is 6.51. The van der Waals surface area contributed by atoms with Crippen LogP contribution in [0.1, 0.15) is 81.1 Å². The third-order valence-electron chi connectivity index (χ3n) is 5.35. The first-order chi connectivity index (χ1) is 17.5. The van der Waals surface area contributed by atoms with Gasteiger partial charge in [-0.05, 0) is 67.4 Å². The van der Waals surface area contributed by atoms with Gasteiger partial charge in [-0.15, -0.1) is 0 Å². The van der Waals surface area contributed by atoms with Crippen molar-refractivity contribution in [2.75, 3.05) is 13.2 Å². The first-order valence-electron chi connectivity index (χ1n) is 12.7. The van der Waals surface area contributed by atoms with E-state index in [0.717, 1.165) is 19.3 Å². The molecule has 8 heteroatoms. The molecule has 2 aromatic rings. The Hall–Kier alpha value is -3.68. The third-order valence-corrected chi connectivity index (χ3v) is 5.35. The molecule has 0 saturated carbocycles. The summed E-state index contributed by atoms with van der Waals surface area (Å²) < 4.78 is 10.7. The Balaban J connectivity index is 1.65. The van der Waals surface area contributed by atoms with Gasteiger partial charge in [0.2, 0.25) is 5.91 Å². The zero-order valence-electron chi connectivity index (χ0n) is 21.3. The largest absolute Gasteiger partial charge is 0.494 e. The number of esters is 1. The second kappa shape index (κ2) is 16.9. The van der Waals surface area contributed by atoms with E-state index in [9.17, 15) is 14.4 Å². The van der Waals surface area contributed by atoms with Gasteiger partial charge in [0, 0.05) is 6.42 Å². The molecule has 0 saturated heterocycles. The molecule has 0 atom stereocenters. The number of rotatable bonds is 16. The maximum Gasteiger partial charge on any atom is 0.343 e. The summed E-state index contributed by atoms with van der Waals surface area (Å²) in [4.78, 5) is 36.0. The molecule has 0 unspecified atom stereocenters. The van der Waals surface area contributed by atoms with E-state index in [2.05, 4.69) is 22.8 Å². The molecule has 0 fully saturated rings. The summed E-state index contributed by atoms with van der Waals surface area (Å²) >= 11 is 0. The number of hydrogen-bond acceptors (Lipinski definition) is 6. The van der Waals surface area contributed by atoms with E-state index in [1.54, 1.807) is 48.5 Å². The van der Waals surface area contributed by atoms with Gasteiger partial charge in [0.15, 0.2) is 0 Å². The minimum atomic E-state index is -0.472. The summed E-state index contributed by atoms with van der Waals surface area (Å²) in [5.41, 5.74) is 3.51. The lowest BCUT2D eigenvalue weighted by Gasteiger charge is -2.06. The van der Waals surface area contributed by atoms with E-state index in [-0.39, 0.29) is 12.5 Å². The molecule has 2 N–H and O–H groups in total. The molecular formula is C28H37N3O5. The van der Waals surface area contributed by atoms with Crippen LogP contribution in [-0.4, -0.2) is 37.1 Å². The van der Waals surface area contributed by atoms with Crippen LogP contribution in [0, 0.1) is 0 Å². The predicted octanol–water partition coefficient (Wildman–Crippen LogP) is 5.01. The number of amides is 2. The van der Waals surface area contributed by atoms with Gasteiger partial charge in [-0.2, -0.15) is 5.10 Å². The Morgan fingerprint density at radius 2 is 1.44 bits per heavy atom. The van der Waals surface area contributed by atoms with E-state index in [1.165, 1.54) is 31.9 Å².